The fourth-order valence-electron chi connectivity index (χ4n) is 0.723. The Morgan fingerprint density at radius 1 is 1.50 bits per heavy atom. The molecule has 8 heavy (non-hydrogen) atoms. The van der Waals surface area contributed by atoms with Gasteiger partial charge < -0.3 is 10.2 Å². The Bertz CT molecular complexity index is 61.4. The van der Waals surface area contributed by atoms with E-state index in [0.717, 1.165) is 0 Å². The van der Waals surface area contributed by atoms with E-state index < -0.39 is 11.7 Å². The van der Waals surface area contributed by atoms with E-state index in [0.29, 0.717) is 6.42 Å². The minimum atomic E-state index is -0.728. The molecule has 2 heteroatoms. The molecule has 0 unspecified atom stereocenters. The zero-order valence-electron chi connectivity index (χ0n) is 5.68. The largest absolute Gasteiger partial charge is 0.393 e. The van der Waals surface area contributed by atoms with Crippen LogP contribution in [0.15, 0.2) is 0 Å². The molecule has 0 heterocycles. The monoisotopic (exact) mass is 118 g/mol. The molecule has 0 fully saturated rings. The second-order valence-corrected chi connectivity index (χ2v) is 2.87. The van der Waals surface area contributed by atoms with E-state index >= 15 is 0 Å². The molecule has 1 atom stereocenters. The van der Waals surface area contributed by atoms with Crippen molar-refractivity contribution in [2.45, 2.75) is 38.9 Å². The summed E-state index contributed by atoms with van der Waals surface area (Å²) in [5.41, 5.74) is -0.728. The Morgan fingerprint density at radius 3 is 1.88 bits per heavy atom. The van der Waals surface area contributed by atoms with E-state index in [1.807, 2.05) is 0 Å². The molecule has 2 nitrogen and oxygen atoms in total. The predicted molar refractivity (Wildman–Crippen MR) is 32.6 cm³/mol. The van der Waals surface area contributed by atoms with Crippen LogP contribution in [-0.4, -0.2) is 21.9 Å². The third-order valence-electron chi connectivity index (χ3n) is 0.795. The van der Waals surface area contributed by atoms with E-state index in [1.54, 1.807) is 20.8 Å². The van der Waals surface area contributed by atoms with E-state index in [1.165, 1.54) is 0 Å². The summed E-state index contributed by atoms with van der Waals surface area (Å²) in [7, 11) is 0. The molecule has 0 aromatic carbocycles. The van der Waals surface area contributed by atoms with Gasteiger partial charge in [0.25, 0.3) is 0 Å². The molecule has 0 saturated carbocycles. The van der Waals surface area contributed by atoms with Crippen LogP contribution in [0.5, 0.6) is 0 Å². The number of hydrogen-bond donors (Lipinski definition) is 2. The van der Waals surface area contributed by atoms with Crippen molar-refractivity contribution in [3.63, 3.8) is 0 Å². The van der Waals surface area contributed by atoms with Crippen molar-refractivity contribution in [3.05, 3.63) is 0 Å². The Morgan fingerprint density at radius 2 is 1.88 bits per heavy atom. The van der Waals surface area contributed by atoms with Gasteiger partial charge in [-0.05, 0) is 20.8 Å². The van der Waals surface area contributed by atoms with Gasteiger partial charge in [0, 0.05) is 6.42 Å². The van der Waals surface area contributed by atoms with Crippen molar-refractivity contribution in [1.82, 2.24) is 0 Å². The third kappa shape index (κ3) is 5.92. The first-order valence-electron chi connectivity index (χ1n) is 2.82. The predicted octanol–water partition coefficient (Wildman–Crippen LogP) is 0.528. The minimum Gasteiger partial charge on any atom is -0.393 e. The van der Waals surface area contributed by atoms with Crippen LogP contribution < -0.4 is 0 Å². The van der Waals surface area contributed by atoms with Gasteiger partial charge in [0.2, 0.25) is 0 Å². The Balaban J connectivity index is 3.39. The fraction of sp³-hybridized carbons (Fsp3) is 1.00. The lowest BCUT2D eigenvalue weighted by Crippen LogP contribution is -2.24. The van der Waals surface area contributed by atoms with Gasteiger partial charge in [-0.2, -0.15) is 0 Å². The van der Waals surface area contributed by atoms with E-state index in [9.17, 15) is 0 Å². The summed E-state index contributed by atoms with van der Waals surface area (Å²) in [6.45, 7) is 5.03. The van der Waals surface area contributed by atoms with E-state index in [-0.39, 0.29) is 0 Å². The SMILES string of the molecule is C[C@H](O)CC(C)(C)O. The van der Waals surface area contributed by atoms with Crippen LogP contribution in [0.25, 0.3) is 0 Å². The van der Waals surface area contributed by atoms with Crippen LogP contribution in [0.3, 0.4) is 0 Å². The highest BCUT2D eigenvalue weighted by atomic mass is 16.3. The minimum absolute atomic E-state index is 0.407. The summed E-state index contributed by atoms with van der Waals surface area (Å²) < 4.78 is 0. The summed E-state index contributed by atoms with van der Waals surface area (Å²) in [5, 5.41) is 17.8. The quantitative estimate of drug-likeness (QED) is 0.555. The van der Waals surface area contributed by atoms with Gasteiger partial charge in [-0.25, -0.2) is 0 Å². The molecular weight excluding hydrogens is 104 g/mol. The summed E-state index contributed by atoms with van der Waals surface area (Å²) in [5.74, 6) is 0. The number of hydrogen-bond acceptors (Lipinski definition) is 2. The van der Waals surface area contributed by atoms with E-state index in [4.69, 9.17) is 10.2 Å². The molecular formula is C6H14O2. The van der Waals surface area contributed by atoms with Gasteiger partial charge in [0.1, 0.15) is 0 Å². The highest BCUT2D eigenvalue weighted by Gasteiger charge is 2.14. The summed E-state index contributed by atoms with van der Waals surface area (Å²) in [6.07, 6.45) is 0.0301. The maximum absolute atomic E-state index is 9.03. The van der Waals surface area contributed by atoms with Crippen molar-refractivity contribution in [2.24, 2.45) is 0 Å². The second kappa shape index (κ2) is 2.46. The second-order valence-electron chi connectivity index (χ2n) is 2.87. The lowest BCUT2D eigenvalue weighted by molar-refractivity contribution is 0.0249. The topological polar surface area (TPSA) is 40.5 Å². The number of aliphatic hydroxyl groups excluding tert-OH is 1. The molecule has 0 bridgehead atoms. The molecule has 0 radical (unpaired) electrons. The number of rotatable bonds is 2. The Labute approximate surface area is 50.2 Å². The first kappa shape index (κ1) is 7.92. The highest BCUT2D eigenvalue weighted by molar-refractivity contribution is 4.67. The molecule has 50 valence electrons. The van der Waals surface area contributed by atoms with Crippen molar-refractivity contribution in [1.29, 1.82) is 0 Å². The molecule has 0 rings (SSSR count). The van der Waals surface area contributed by atoms with Gasteiger partial charge in [-0.15, -0.1) is 0 Å². The van der Waals surface area contributed by atoms with Crippen LogP contribution in [0, 0.1) is 0 Å². The van der Waals surface area contributed by atoms with Crippen LogP contribution >= 0.6 is 0 Å². The molecule has 0 aliphatic heterocycles. The maximum Gasteiger partial charge on any atom is 0.0616 e. The molecule has 0 aliphatic carbocycles. The van der Waals surface area contributed by atoms with Crippen molar-refractivity contribution >= 4 is 0 Å². The molecule has 0 aliphatic rings. The first-order valence-corrected chi connectivity index (χ1v) is 2.82. The zero-order chi connectivity index (χ0) is 6.78. The van der Waals surface area contributed by atoms with Crippen LogP contribution in [0.2, 0.25) is 0 Å². The lowest BCUT2D eigenvalue weighted by atomic mass is 10.0. The van der Waals surface area contributed by atoms with Crippen LogP contribution in [0.4, 0.5) is 0 Å². The molecule has 0 aromatic heterocycles. The van der Waals surface area contributed by atoms with Gasteiger partial charge in [0.15, 0.2) is 0 Å². The maximum atomic E-state index is 9.03. The zero-order valence-corrected chi connectivity index (χ0v) is 5.68. The molecule has 0 spiro atoms. The van der Waals surface area contributed by atoms with E-state index in [2.05, 4.69) is 0 Å². The first-order chi connectivity index (χ1) is 3.42. The molecule has 0 aromatic rings. The Kier molecular flexibility index (Phi) is 2.44. The van der Waals surface area contributed by atoms with Crippen molar-refractivity contribution in [2.75, 3.05) is 0 Å². The molecule has 0 saturated heterocycles. The highest BCUT2D eigenvalue weighted by Crippen LogP contribution is 2.09. The van der Waals surface area contributed by atoms with Gasteiger partial charge >= 0.3 is 0 Å². The van der Waals surface area contributed by atoms with Gasteiger partial charge in [-0.1, -0.05) is 0 Å². The summed E-state index contributed by atoms with van der Waals surface area (Å²) >= 11 is 0. The third-order valence-corrected chi connectivity index (χ3v) is 0.795. The van der Waals surface area contributed by atoms with Gasteiger partial charge in [-0.3, -0.25) is 0 Å². The smallest absolute Gasteiger partial charge is 0.0616 e. The standard InChI is InChI=1S/C6H14O2/c1-5(7)4-6(2,3)8/h5,7-8H,4H2,1-3H3/t5-/m0/s1. The van der Waals surface area contributed by atoms with Gasteiger partial charge in [0.05, 0.1) is 11.7 Å². The molecule has 0 amide bonds. The van der Waals surface area contributed by atoms with Crippen molar-refractivity contribution < 1.29 is 10.2 Å². The van der Waals surface area contributed by atoms with Crippen molar-refractivity contribution in [3.8, 4) is 0 Å². The average Bonchev–Trinajstić information content (AvgIpc) is 1.21. The van der Waals surface area contributed by atoms with Crippen LogP contribution in [0.1, 0.15) is 27.2 Å². The summed E-state index contributed by atoms with van der Waals surface area (Å²) in [4.78, 5) is 0. The summed E-state index contributed by atoms with van der Waals surface area (Å²) in [6, 6.07) is 0. The molecule has 2 N–H and O–H groups in total. The fourth-order valence-corrected chi connectivity index (χ4v) is 0.723. The average molecular weight is 118 g/mol. The Hall–Kier alpha value is -0.0800. The lowest BCUT2D eigenvalue weighted by Gasteiger charge is -2.17. The normalized spacial score (nSPS) is 16.1. The van der Waals surface area contributed by atoms with Crippen LogP contribution in [-0.2, 0) is 0 Å². The number of aliphatic hydroxyl groups is 2.